The minimum Gasteiger partial charge on any atom is -0.759 e. The number of hydrogen-bond donors (Lipinski definition) is 2. The summed E-state index contributed by atoms with van der Waals surface area (Å²) in [6.45, 7) is 0. The number of hydrazine groups is 1. The van der Waals surface area contributed by atoms with Gasteiger partial charge in [-0.2, -0.15) is 4.83 Å². The van der Waals surface area contributed by atoms with Crippen LogP contribution in [-0.4, -0.2) is 22.4 Å². The Hall–Kier alpha value is -0.395. The van der Waals surface area contributed by atoms with Crippen LogP contribution in [0.4, 0.5) is 4.79 Å². The Balaban J connectivity index is 3.18. The number of carbonyl (C=O) groups excluding carboxylic acids is 1. The summed E-state index contributed by atoms with van der Waals surface area (Å²) in [7, 11) is 4.45. The molecule has 0 aliphatic heterocycles. The number of carbonyl (C=O) groups is 1. The maximum Gasteiger partial charge on any atom is 0.202 e. The smallest absolute Gasteiger partial charge is 0.202 e. The maximum atomic E-state index is 9.68. The second-order valence-electron chi connectivity index (χ2n) is 0.826. The summed E-state index contributed by atoms with van der Waals surface area (Å²) in [5, 5.41) is 0. The van der Waals surface area contributed by atoms with Crippen molar-refractivity contribution < 1.29 is 13.6 Å². The SMILES string of the molecule is [B]C(=O)NNS(=O)[O-]. The first-order valence-electron chi connectivity index (χ1n) is 1.53. The highest BCUT2D eigenvalue weighted by Gasteiger charge is 1.83. The van der Waals surface area contributed by atoms with E-state index in [-0.39, 0.29) is 0 Å². The minimum absolute atomic E-state index is 0.950. The Morgan fingerprint density at radius 1 is 1.75 bits per heavy atom. The molecule has 0 spiro atoms. The second kappa shape index (κ2) is 3.59. The van der Waals surface area contributed by atoms with Crippen molar-refractivity contribution in [3.8, 4) is 0 Å². The fraction of sp³-hybridized carbons (Fsp3) is 0. The number of hydrogen-bond acceptors (Lipinski definition) is 3. The Kier molecular flexibility index (Phi) is 3.41. The summed E-state index contributed by atoms with van der Waals surface area (Å²) in [6, 6.07) is 0. The van der Waals surface area contributed by atoms with E-state index < -0.39 is 17.1 Å². The standard InChI is InChI=1S/CH3BN2O3S/c2-1(5)3-4-8(6)7/h4H,(H,3,5)(H,6,7)/p-1. The van der Waals surface area contributed by atoms with Gasteiger partial charge in [-0.1, -0.05) is 0 Å². The van der Waals surface area contributed by atoms with Gasteiger partial charge in [0.1, 0.15) is 0 Å². The Morgan fingerprint density at radius 3 is 2.38 bits per heavy atom. The fourth-order valence-electron chi connectivity index (χ4n) is 0.0920. The van der Waals surface area contributed by atoms with Crippen LogP contribution in [0.2, 0.25) is 0 Å². The third kappa shape index (κ3) is 5.60. The Morgan fingerprint density at radius 2 is 2.25 bits per heavy atom. The molecule has 0 fully saturated rings. The van der Waals surface area contributed by atoms with Crippen LogP contribution in [0.15, 0.2) is 0 Å². The lowest BCUT2D eigenvalue weighted by Gasteiger charge is -2.05. The average Bonchev–Trinajstić information content (AvgIpc) is 1.61. The molecule has 0 saturated carbocycles. The first-order valence-corrected chi connectivity index (χ1v) is 2.61. The zero-order valence-electron chi connectivity index (χ0n) is 3.71. The number of nitrogens with one attached hydrogen (secondary N) is 2. The largest absolute Gasteiger partial charge is 0.759 e. The van der Waals surface area contributed by atoms with Crippen molar-refractivity contribution in [2.45, 2.75) is 0 Å². The molecule has 5 nitrogen and oxygen atoms in total. The van der Waals surface area contributed by atoms with E-state index in [1.807, 2.05) is 0 Å². The highest BCUT2D eigenvalue weighted by Crippen LogP contribution is 1.55. The highest BCUT2D eigenvalue weighted by atomic mass is 32.2. The van der Waals surface area contributed by atoms with Gasteiger partial charge in [-0.3, -0.25) is 14.4 Å². The van der Waals surface area contributed by atoms with E-state index in [1.54, 1.807) is 5.43 Å². The lowest BCUT2D eigenvalue weighted by Crippen LogP contribution is -2.37. The van der Waals surface area contributed by atoms with Gasteiger partial charge < -0.3 is 4.55 Å². The van der Waals surface area contributed by atoms with Gasteiger partial charge in [0.15, 0.2) is 5.81 Å². The molecule has 1 atom stereocenters. The molecule has 0 rings (SSSR count). The molecule has 0 aliphatic carbocycles. The quantitative estimate of drug-likeness (QED) is 0.264. The summed E-state index contributed by atoms with van der Waals surface area (Å²) < 4.78 is 19.0. The van der Waals surface area contributed by atoms with Crippen LogP contribution >= 0.6 is 0 Å². The predicted octanol–water partition coefficient (Wildman–Crippen LogP) is -1.84. The maximum absolute atomic E-state index is 9.68. The van der Waals surface area contributed by atoms with Crippen LogP contribution in [-0.2, 0) is 11.3 Å². The molecular weight excluding hydrogens is 131 g/mol. The Bertz CT molecular complexity index is 102. The van der Waals surface area contributed by atoms with Gasteiger partial charge >= 0.3 is 0 Å². The van der Waals surface area contributed by atoms with Crippen molar-refractivity contribution in [3.05, 3.63) is 0 Å². The van der Waals surface area contributed by atoms with E-state index in [1.165, 1.54) is 4.83 Å². The van der Waals surface area contributed by atoms with E-state index >= 15 is 0 Å². The highest BCUT2D eigenvalue weighted by molar-refractivity contribution is 7.77. The third-order valence-corrected chi connectivity index (χ3v) is 0.526. The van der Waals surface area contributed by atoms with Crippen molar-refractivity contribution >= 4 is 24.9 Å². The Labute approximate surface area is 49.6 Å². The topological polar surface area (TPSA) is 81.3 Å². The normalized spacial score (nSPS) is 12.6. The molecule has 8 heavy (non-hydrogen) atoms. The molecule has 0 aromatic carbocycles. The summed E-state index contributed by atoms with van der Waals surface area (Å²) >= 11 is -2.50. The van der Waals surface area contributed by atoms with Crippen molar-refractivity contribution in [1.29, 1.82) is 0 Å². The van der Waals surface area contributed by atoms with E-state index in [4.69, 9.17) is 0 Å². The number of rotatable bonds is 2. The number of amides is 1. The van der Waals surface area contributed by atoms with Crippen molar-refractivity contribution in [1.82, 2.24) is 10.3 Å². The van der Waals surface area contributed by atoms with Gasteiger partial charge in [-0.05, 0) is 0 Å². The van der Waals surface area contributed by atoms with E-state index in [0.29, 0.717) is 0 Å². The zero-order valence-corrected chi connectivity index (χ0v) is 4.53. The van der Waals surface area contributed by atoms with Crippen LogP contribution in [0.3, 0.4) is 0 Å². The molecule has 0 aliphatic rings. The van der Waals surface area contributed by atoms with Gasteiger partial charge in [-0.15, -0.1) is 0 Å². The van der Waals surface area contributed by atoms with Crippen LogP contribution in [0.25, 0.3) is 0 Å². The third-order valence-electron chi connectivity index (χ3n) is 0.258. The first-order chi connectivity index (χ1) is 3.63. The van der Waals surface area contributed by atoms with Gasteiger partial charge in [0, 0.05) is 11.3 Å². The lowest BCUT2D eigenvalue weighted by molar-refractivity contribution is 0.258. The van der Waals surface area contributed by atoms with Crippen LogP contribution in [0.1, 0.15) is 0 Å². The zero-order chi connectivity index (χ0) is 6.57. The van der Waals surface area contributed by atoms with E-state index in [0.717, 1.165) is 0 Å². The van der Waals surface area contributed by atoms with Gasteiger partial charge in [-0.25, -0.2) is 0 Å². The molecule has 44 valence electrons. The van der Waals surface area contributed by atoms with Gasteiger partial charge in [0.25, 0.3) is 0 Å². The monoisotopic (exact) mass is 133 g/mol. The summed E-state index contributed by atoms with van der Waals surface area (Å²) in [4.78, 5) is 11.2. The summed E-state index contributed by atoms with van der Waals surface area (Å²) in [6.07, 6.45) is 0. The molecule has 1 amide bonds. The summed E-state index contributed by atoms with van der Waals surface area (Å²) in [5.74, 6) is -0.950. The predicted molar refractivity (Wildman–Crippen MR) is 26.3 cm³/mol. The van der Waals surface area contributed by atoms with Gasteiger partial charge in [0.05, 0.1) is 0 Å². The fourth-order valence-corrected chi connectivity index (χ4v) is 0.276. The van der Waals surface area contributed by atoms with Crippen LogP contribution in [0.5, 0.6) is 0 Å². The first kappa shape index (κ1) is 7.60. The molecule has 2 radical (unpaired) electrons. The lowest BCUT2D eigenvalue weighted by atomic mass is 10.1. The summed E-state index contributed by atoms with van der Waals surface area (Å²) in [5.41, 5.74) is 1.62. The molecule has 0 aromatic heterocycles. The molecule has 1 unspecified atom stereocenters. The molecule has 0 heterocycles. The molecule has 7 heteroatoms. The average molecular weight is 133 g/mol. The molecular formula is CH2BN2O3S-. The van der Waals surface area contributed by atoms with Crippen molar-refractivity contribution in [3.63, 3.8) is 0 Å². The van der Waals surface area contributed by atoms with Crippen LogP contribution in [0, 0.1) is 0 Å². The van der Waals surface area contributed by atoms with Crippen LogP contribution < -0.4 is 10.3 Å². The molecule has 0 saturated heterocycles. The van der Waals surface area contributed by atoms with Crippen molar-refractivity contribution in [2.75, 3.05) is 0 Å². The van der Waals surface area contributed by atoms with Crippen molar-refractivity contribution in [2.24, 2.45) is 0 Å². The van der Waals surface area contributed by atoms with E-state index in [9.17, 15) is 13.6 Å². The molecule has 2 N–H and O–H groups in total. The molecule has 0 bridgehead atoms. The van der Waals surface area contributed by atoms with Gasteiger partial charge in [0.2, 0.25) is 7.85 Å². The van der Waals surface area contributed by atoms with E-state index in [2.05, 4.69) is 7.85 Å². The molecule has 0 aromatic rings. The minimum atomic E-state index is -2.50. The second-order valence-corrected chi connectivity index (χ2v) is 1.50.